The van der Waals surface area contributed by atoms with Gasteiger partial charge in [-0.1, -0.05) is 63.1 Å². The van der Waals surface area contributed by atoms with Crippen LogP contribution in [0, 0.1) is 11.3 Å². The molecule has 0 aromatic heterocycles. The molecule has 0 aliphatic rings. The molecule has 0 saturated carbocycles. The molecule has 49 heavy (non-hydrogen) atoms. The summed E-state index contributed by atoms with van der Waals surface area (Å²) in [5.74, 6) is 0.274. The molecular weight excluding hydrogens is 677 g/mol. The summed E-state index contributed by atoms with van der Waals surface area (Å²) in [5.41, 5.74) is 2.05. The molecule has 0 fully saturated rings. The minimum atomic E-state index is -3.89. The smallest absolute Gasteiger partial charge is 0.306 e. The van der Waals surface area contributed by atoms with Gasteiger partial charge >= 0.3 is 5.97 Å². The first-order valence-electron chi connectivity index (χ1n) is 16.3. The van der Waals surface area contributed by atoms with Crippen molar-refractivity contribution in [2.75, 3.05) is 39.5 Å². The van der Waals surface area contributed by atoms with Crippen molar-refractivity contribution in [2.45, 2.75) is 63.8 Å². The first-order chi connectivity index (χ1) is 23.3. The van der Waals surface area contributed by atoms with Gasteiger partial charge in [0.15, 0.2) is 0 Å². The fourth-order valence-electron chi connectivity index (χ4n) is 4.57. The van der Waals surface area contributed by atoms with Crippen molar-refractivity contribution in [1.82, 2.24) is 4.31 Å². The highest BCUT2D eigenvalue weighted by Gasteiger charge is 2.30. The predicted octanol–water partition coefficient (Wildman–Crippen LogP) is 7.25. The van der Waals surface area contributed by atoms with Crippen LogP contribution in [0.5, 0.6) is 17.2 Å². The van der Waals surface area contributed by atoms with Crippen LogP contribution in [0.4, 0.5) is 0 Å². The van der Waals surface area contributed by atoms with E-state index >= 15 is 0 Å². The number of nitriles is 1. The van der Waals surface area contributed by atoms with E-state index in [4.69, 9.17) is 28.9 Å². The molecule has 265 valence electrons. The average molecular weight is 726 g/mol. The Morgan fingerprint density at radius 1 is 0.918 bits per heavy atom. The van der Waals surface area contributed by atoms with Crippen molar-refractivity contribution in [1.29, 1.82) is 5.26 Å². The molecule has 0 bridgehead atoms. The van der Waals surface area contributed by atoms with Gasteiger partial charge in [-0.2, -0.15) is 9.57 Å². The minimum Gasteiger partial charge on any atom is -0.489 e. The highest BCUT2D eigenvalue weighted by Crippen LogP contribution is 2.28. The van der Waals surface area contributed by atoms with Crippen LogP contribution in [0.25, 0.3) is 0 Å². The summed E-state index contributed by atoms with van der Waals surface area (Å²) in [5, 5.41) is 9.15. The molecule has 0 heterocycles. The lowest BCUT2D eigenvalue weighted by Crippen LogP contribution is -2.39. The van der Waals surface area contributed by atoms with E-state index in [2.05, 4.69) is 38.8 Å². The maximum atomic E-state index is 13.8. The number of benzene rings is 3. The molecule has 10 nitrogen and oxygen atoms in total. The summed E-state index contributed by atoms with van der Waals surface area (Å²) in [6.07, 6.45) is -0.108. The second-order valence-corrected chi connectivity index (χ2v) is 23.8. The Labute approximate surface area is 294 Å². The Morgan fingerprint density at radius 3 is 2.20 bits per heavy atom. The van der Waals surface area contributed by atoms with Crippen molar-refractivity contribution < 1.29 is 36.9 Å². The molecule has 3 aromatic rings. The third-order valence-electron chi connectivity index (χ3n) is 7.51. The van der Waals surface area contributed by atoms with E-state index in [1.54, 1.807) is 48.5 Å². The summed E-state index contributed by atoms with van der Waals surface area (Å²) in [4.78, 5) is 12.4. The van der Waals surface area contributed by atoms with E-state index in [1.807, 2.05) is 24.3 Å². The molecule has 0 amide bonds. The zero-order valence-corrected chi connectivity index (χ0v) is 32.3. The zero-order chi connectivity index (χ0) is 35.9. The summed E-state index contributed by atoms with van der Waals surface area (Å²) >= 11 is 0. The monoisotopic (exact) mass is 725 g/mol. The van der Waals surface area contributed by atoms with Crippen LogP contribution >= 0.6 is 0 Å². The fourth-order valence-corrected chi connectivity index (χ4v) is 7.38. The highest BCUT2D eigenvalue weighted by atomic mass is 32.2. The number of ether oxygens (including phenoxy) is 5. The molecule has 1 unspecified atom stereocenters. The lowest BCUT2D eigenvalue weighted by atomic mass is 9.97. The van der Waals surface area contributed by atoms with E-state index in [9.17, 15) is 13.2 Å². The van der Waals surface area contributed by atoms with Crippen molar-refractivity contribution in [2.24, 2.45) is 0 Å². The van der Waals surface area contributed by atoms with Gasteiger partial charge in [-0.15, -0.1) is 0 Å². The summed E-state index contributed by atoms with van der Waals surface area (Å²) in [6, 6.07) is 25.4. The van der Waals surface area contributed by atoms with Crippen LogP contribution in [-0.2, 0) is 35.6 Å². The van der Waals surface area contributed by atoms with Gasteiger partial charge in [0.25, 0.3) is 0 Å². The summed E-state index contributed by atoms with van der Waals surface area (Å²) < 4.78 is 57.3. The second kappa shape index (κ2) is 19.6. The van der Waals surface area contributed by atoms with Gasteiger partial charge in [-0.25, -0.2) is 8.42 Å². The zero-order valence-electron chi connectivity index (χ0n) is 29.4. The molecular formula is C36H49N2O8SSi2. The van der Waals surface area contributed by atoms with E-state index in [1.165, 1.54) is 11.4 Å². The molecule has 3 aromatic carbocycles. The first-order valence-corrected chi connectivity index (χ1v) is 24.3. The maximum Gasteiger partial charge on any atom is 0.306 e. The molecule has 0 aliphatic carbocycles. The first kappa shape index (κ1) is 39.9. The Bertz CT molecular complexity index is 1620. The van der Waals surface area contributed by atoms with Gasteiger partial charge in [-0.05, 0) is 65.7 Å². The number of methoxy groups -OCH3 is 1. The number of rotatable bonds is 21. The number of esters is 1. The number of sulfonamides is 1. The van der Waals surface area contributed by atoms with E-state index in [0.29, 0.717) is 41.6 Å². The van der Waals surface area contributed by atoms with Crippen LogP contribution in [0.15, 0.2) is 72.8 Å². The standard InChI is InChI=1S/C36H49N2O8SSi2/c1-42-36(39)23-32(26-47(40,41)38(27-43-17-19-48(2)3)28-44-18-20-49(4,5)6)31-13-15-33(16-14-31)45-25-30-10-8-12-35(22-30)46-34-11-7-9-29(21-34)24-37/h7-16,21-22,32H,17-20,23,25-28H2,1-6H3. The third-order valence-corrected chi connectivity index (χ3v) is 12.2. The molecule has 0 aliphatic heterocycles. The lowest BCUT2D eigenvalue weighted by Gasteiger charge is -2.25. The van der Waals surface area contributed by atoms with Gasteiger partial charge in [0.1, 0.15) is 37.3 Å². The van der Waals surface area contributed by atoms with E-state index in [-0.39, 0.29) is 32.2 Å². The van der Waals surface area contributed by atoms with Crippen LogP contribution in [0.1, 0.15) is 29.0 Å². The number of nitrogens with zero attached hydrogens (tertiary/aromatic N) is 2. The minimum absolute atomic E-state index is 0.108. The molecule has 3 rings (SSSR count). The predicted molar refractivity (Wildman–Crippen MR) is 196 cm³/mol. The lowest BCUT2D eigenvalue weighted by molar-refractivity contribution is -0.140. The Kier molecular flexibility index (Phi) is 16.0. The highest BCUT2D eigenvalue weighted by molar-refractivity contribution is 7.89. The number of carbonyl (C=O) groups excluding carboxylic acids is 1. The quantitative estimate of drug-likeness (QED) is 0.0484. The van der Waals surface area contributed by atoms with Gasteiger partial charge in [-0.3, -0.25) is 4.79 Å². The number of hydrogen-bond acceptors (Lipinski definition) is 9. The van der Waals surface area contributed by atoms with Crippen molar-refractivity contribution in [3.8, 4) is 23.3 Å². The average Bonchev–Trinajstić information content (AvgIpc) is 3.06. The molecule has 0 N–H and O–H groups in total. The van der Waals surface area contributed by atoms with Crippen LogP contribution < -0.4 is 9.47 Å². The topological polar surface area (TPSA) is 124 Å². The fraction of sp³-hybridized carbons (Fsp3) is 0.444. The largest absolute Gasteiger partial charge is 0.489 e. The summed E-state index contributed by atoms with van der Waals surface area (Å²) in [6.45, 7) is 12.1. The normalized spacial score (nSPS) is 12.5. The Morgan fingerprint density at radius 2 is 1.57 bits per heavy atom. The molecule has 13 heteroatoms. The van der Waals surface area contributed by atoms with Gasteiger partial charge < -0.3 is 23.7 Å². The van der Waals surface area contributed by atoms with Gasteiger partial charge in [0.2, 0.25) is 10.0 Å². The third kappa shape index (κ3) is 14.9. The maximum absolute atomic E-state index is 13.8. The van der Waals surface area contributed by atoms with Crippen LogP contribution in [0.2, 0.25) is 44.8 Å². The molecule has 1 atom stereocenters. The summed E-state index contributed by atoms with van der Waals surface area (Å²) in [7, 11) is -4.47. The van der Waals surface area contributed by atoms with Gasteiger partial charge in [0, 0.05) is 36.0 Å². The van der Waals surface area contributed by atoms with Crippen molar-refractivity contribution >= 4 is 32.9 Å². The van der Waals surface area contributed by atoms with Crippen molar-refractivity contribution in [3.05, 3.63) is 89.5 Å². The number of hydrogen-bond donors (Lipinski definition) is 0. The molecule has 0 spiro atoms. The van der Waals surface area contributed by atoms with E-state index in [0.717, 1.165) is 17.7 Å². The van der Waals surface area contributed by atoms with Crippen LogP contribution in [-0.4, -0.2) is 75.1 Å². The molecule has 1 radical (unpaired) electrons. The SMILES string of the molecule is COC(=O)CC(CS(=O)(=O)N(COCC[Si](C)C)COCC[Si](C)(C)C)c1ccc(OCc2cccc(Oc3cccc(C#N)c3)c2)cc1. The van der Waals surface area contributed by atoms with Crippen LogP contribution in [0.3, 0.4) is 0 Å². The number of carbonyl (C=O) groups is 1. The Balaban J connectivity index is 1.69. The van der Waals surface area contributed by atoms with E-state index < -0.39 is 38.8 Å². The Hall–Kier alpha value is -3.52. The van der Waals surface area contributed by atoms with Gasteiger partial charge in [0.05, 0.1) is 30.9 Å². The molecule has 0 saturated heterocycles. The van der Waals surface area contributed by atoms with Crippen molar-refractivity contribution in [3.63, 3.8) is 0 Å². The second-order valence-electron chi connectivity index (χ2n) is 13.3.